The zero-order chi connectivity index (χ0) is 11.5. The van der Waals surface area contributed by atoms with E-state index in [1.165, 1.54) is 22.3 Å². The Morgan fingerprint density at radius 1 is 0.938 bits per heavy atom. The predicted molar refractivity (Wildman–Crippen MR) is 72.4 cm³/mol. The number of hydrogen-bond acceptors (Lipinski definition) is 1. The van der Waals surface area contributed by atoms with Crippen molar-refractivity contribution in [2.75, 3.05) is 0 Å². The van der Waals surface area contributed by atoms with Gasteiger partial charge in [0.2, 0.25) is 0 Å². The van der Waals surface area contributed by atoms with Gasteiger partial charge in [0, 0.05) is 4.90 Å². The fourth-order valence-corrected chi connectivity index (χ4v) is 2.02. The summed E-state index contributed by atoms with van der Waals surface area (Å²) in [6, 6.07) is 15.1. The Kier molecular flexibility index (Phi) is 3.35. The first-order chi connectivity index (χ1) is 7.65. The minimum Gasteiger partial charge on any atom is -0.143 e. The smallest absolute Gasteiger partial charge is 0.00694 e. The number of hydrogen-bond donors (Lipinski definition) is 1. The monoisotopic (exact) mass is 228 g/mol. The summed E-state index contributed by atoms with van der Waals surface area (Å²) in [6.07, 6.45) is 0.997. The third-order valence-electron chi connectivity index (χ3n) is 2.75. The molecule has 0 aromatic heterocycles. The molecule has 0 heterocycles. The summed E-state index contributed by atoms with van der Waals surface area (Å²) in [5.41, 5.74) is 5.28. The van der Waals surface area contributed by atoms with Gasteiger partial charge in [-0.25, -0.2) is 0 Å². The van der Waals surface area contributed by atoms with Crippen LogP contribution in [0.4, 0.5) is 0 Å². The lowest BCUT2D eigenvalue weighted by Gasteiger charge is -2.05. The van der Waals surface area contributed by atoms with Crippen LogP contribution < -0.4 is 0 Å². The molecule has 2 rings (SSSR count). The number of benzene rings is 2. The zero-order valence-corrected chi connectivity index (χ0v) is 10.6. The van der Waals surface area contributed by atoms with Crippen molar-refractivity contribution in [1.82, 2.24) is 0 Å². The lowest BCUT2D eigenvalue weighted by molar-refractivity contribution is 1.15. The minimum atomic E-state index is 0.997. The fraction of sp³-hybridized carbons (Fsp3) is 0.200. The Morgan fingerprint density at radius 2 is 1.69 bits per heavy atom. The SMILES string of the molecule is Cc1cccc(Cc2ccc(S)c(C)c2)c1. The van der Waals surface area contributed by atoms with Crippen LogP contribution in [0, 0.1) is 13.8 Å². The van der Waals surface area contributed by atoms with Crippen LogP contribution in [0.25, 0.3) is 0 Å². The second kappa shape index (κ2) is 4.75. The van der Waals surface area contributed by atoms with E-state index in [1.807, 2.05) is 0 Å². The largest absolute Gasteiger partial charge is 0.143 e. The molecule has 0 aliphatic rings. The van der Waals surface area contributed by atoms with Crippen molar-refractivity contribution >= 4 is 12.6 Å². The van der Waals surface area contributed by atoms with Crippen LogP contribution >= 0.6 is 12.6 Å². The highest BCUT2D eigenvalue weighted by Crippen LogP contribution is 2.17. The van der Waals surface area contributed by atoms with Crippen LogP contribution in [-0.4, -0.2) is 0 Å². The van der Waals surface area contributed by atoms with Gasteiger partial charge in [-0.1, -0.05) is 42.0 Å². The first kappa shape index (κ1) is 11.3. The molecule has 0 amide bonds. The Bertz CT molecular complexity index is 501. The molecule has 16 heavy (non-hydrogen) atoms. The van der Waals surface area contributed by atoms with E-state index in [0.29, 0.717) is 0 Å². The highest BCUT2D eigenvalue weighted by molar-refractivity contribution is 7.80. The first-order valence-corrected chi connectivity index (χ1v) is 5.94. The van der Waals surface area contributed by atoms with E-state index < -0.39 is 0 Å². The molecule has 1 heteroatoms. The van der Waals surface area contributed by atoms with E-state index in [2.05, 4.69) is 68.9 Å². The Hall–Kier alpha value is -1.21. The summed E-state index contributed by atoms with van der Waals surface area (Å²) in [5, 5.41) is 0. The summed E-state index contributed by atoms with van der Waals surface area (Å²) in [7, 11) is 0. The van der Waals surface area contributed by atoms with Crippen molar-refractivity contribution < 1.29 is 0 Å². The van der Waals surface area contributed by atoms with Gasteiger partial charge in [0.05, 0.1) is 0 Å². The van der Waals surface area contributed by atoms with E-state index >= 15 is 0 Å². The average molecular weight is 228 g/mol. The van der Waals surface area contributed by atoms with Gasteiger partial charge in [-0.05, 0) is 43.0 Å². The summed E-state index contributed by atoms with van der Waals surface area (Å²) < 4.78 is 0. The summed E-state index contributed by atoms with van der Waals surface area (Å²) >= 11 is 4.39. The molecule has 0 bridgehead atoms. The van der Waals surface area contributed by atoms with Crippen LogP contribution in [-0.2, 0) is 6.42 Å². The highest BCUT2D eigenvalue weighted by atomic mass is 32.1. The van der Waals surface area contributed by atoms with Gasteiger partial charge in [-0.15, -0.1) is 12.6 Å². The second-order valence-electron chi connectivity index (χ2n) is 4.29. The van der Waals surface area contributed by atoms with E-state index in [1.54, 1.807) is 0 Å². The Balaban J connectivity index is 2.24. The molecule has 0 nitrogen and oxygen atoms in total. The molecule has 0 aliphatic heterocycles. The molecule has 2 aromatic carbocycles. The van der Waals surface area contributed by atoms with Crippen molar-refractivity contribution in [2.24, 2.45) is 0 Å². The molecule has 0 saturated heterocycles. The standard InChI is InChI=1S/C15H16S/c1-11-4-3-5-13(8-11)10-14-6-7-15(16)12(2)9-14/h3-9,16H,10H2,1-2H3. The fourth-order valence-electron chi connectivity index (χ4n) is 1.89. The molecule has 82 valence electrons. The second-order valence-corrected chi connectivity index (χ2v) is 4.77. The molecule has 0 radical (unpaired) electrons. The quantitative estimate of drug-likeness (QED) is 0.732. The molecular formula is C15H16S. The topological polar surface area (TPSA) is 0 Å². The van der Waals surface area contributed by atoms with Gasteiger partial charge in [0.25, 0.3) is 0 Å². The molecular weight excluding hydrogens is 212 g/mol. The van der Waals surface area contributed by atoms with Crippen LogP contribution in [0.5, 0.6) is 0 Å². The molecule has 2 aromatic rings. The number of rotatable bonds is 2. The Morgan fingerprint density at radius 3 is 2.38 bits per heavy atom. The summed E-state index contributed by atoms with van der Waals surface area (Å²) in [5.74, 6) is 0. The maximum Gasteiger partial charge on any atom is 0.00694 e. The molecule has 0 saturated carbocycles. The number of aryl methyl sites for hydroxylation is 2. The summed E-state index contributed by atoms with van der Waals surface area (Å²) in [4.78, 5) is 1.06. The van der Waals surface area contributed by atoms with E-state index in [9.17, 15) is 0 Å². The average Bonchev–Trinajstić information content (AvgIpc) is 2.24. The normalized spacial score (nSPS) is 10.4. The van der Waals surface area contributed by atoms with Gasteiger partial charge in [0.15, 0.2) is 0 Å². The van der Waals surface area contributed by atoms with Crippen molar-refractivity contribution in [2.45, 2.75) is 25.2 Å². The van der Waals surface area contributed by atoms with Gasteiger partial charge in [0.1, 0.15) is 0 Å². The van der Waals surface area contributed by atoms with Crippen molar-refractivity contribution in [3.05, 3.63) is 64.7 Å². The van der Waals surface area contributed by atoms with E-state index in [4.69, 9.17) is 0 Å². The van der Waals surface area contributed by atoms with Crippen LogP contribution in [0.15, 0.2) is 47.4 Å². The molecule has 0 N–H and O–H groups in total. The van der Waals surface area contributed by atoms with Gasteiger partial charge in [-0.2, -0.15) is 0 Å². The lowest BCUT2D eigenvalue weighted by Crippen LogP contribution is -1.90. The van der Waals surface area contributed by atoms with Gasteiger partial charge >= 0.3 is 0 Å². The van der Waals surface area contributed by atoms with E-state index in [0.717, 1.165) is 11.3 Å². The van der Waals surface area contributed by atoms with Crippen LogP contribution in [0.2, 0.25) is 0 Å². The van der Waals surface area contributed by atoms with Gasteiger partial charge in [-0.3, -0.25) is 0 Å². The van der Waals surface area contributed by atoms with Crippen molar-refractivity contribution in [3.8, 4) is 0 Å². The summed E-state index contributed by atoms with van der Waals surface area (Å²) in [6.45, 7) is 4.23. The maximum absolute atomic E-state index is 4.39. The van der Waals surface area contributed by atoms with Crippen molar-refractivity contribution in [3.63, 3.8) is 0 Å². The number of thiol groups is 1. The van der Waals surface area contributed by atoms with Crippen molar-refractivity contribution in [1.29, 1.82) is 0 Å². The molecule has 0 fully saturated rings. The van der Waals surface area contributed by atoms with Gasteiger partial charge < -0.3 is 0 Å². The minimum absolute atomic E-state index is 0.997. The zero-order valence-electron chi connectivity index (χ0n) is 9.70. The van der Waals surface area contributed by atoms with Crippen LogP contribution in [0.3, 0.4) is 0 Å². The highest BCUT2D eigenvalue weighted by Gasteiger charge is 1.99. The Labute approximate surface area is 103 Å². The third kappa shape index (κ3) is 2.67. The first-order valence-electron chi connectivity index (χ1n) is 5.49. The molecule has 0 spiro atoms. The lowest BCUT2D eigenvalue weighted by atomic mass is 10.0. The third-order valence-corrected chi connectivity index (χ3v) is 3.25. The van der Waals surface area contributed by atoms with Crippen LogP contribution in [0.1, 0.15) is 22.3 Å². The van der Waals surface area contributed by atoms with E-state index in [-0.39, 0.29) is 0 Å². The molecule has 0 unspecified atom stereocenters. The molecule has 0 atom stereocenters. The molecule has 0 aliphatic carbocycles. The maximum atomic E-state index is 4.39. The predicted octanol–water partition coefficient (Wildman–Crippen LogP) is 4.18.